The summed E-state index contributed by atoms with van der Waals surface area (Å²) in [5.74, 6) is -0.419. The van der Waals surface area contributed by atoms with Crippen molar-refractivity contribution >= 4 is 5.97 Å². The molecule has 0 saturated carbocycles. The number of ether oxygens (including phenoxy) is 4. The Labute approximate surface area is 147 Å². The Morgan fingerprint density at radius 2 is 1.56 bits per heavy atom. The van der Waals surface area contributed by atoms with E-state index in [1.807, 2.05) is 60.7 Å². The van der Waals surface area contributed by atoms with Gasteiger partial charge in [0.2, 0.25) is 0 Å². The lowest BCUT2D eigenvalue weighted by Gasteiger charge is -2.42. The summed E-state index contributed by atoms with van der Waals surface area (Å²) in [5.41, 5.74) is 2.13. The number of methoxy groups -OCH3 is 1. The van der Waals surface area contributed by atoms with Crippen molar-refractivity contribution in [1.29, 1.82) is 0 Å². The second-order valence-electron chi connectivity index (χ2n) is 5.88. The maximum atomic E-state index is 11.8. The van der Waals surface area contributed by atoms with Crippen LogP contribution in [0.25, 0.3) is 0 Å². The Hall–Kier alpha value is -2.21. The van der Waals surface area contributed by atoms with Gasteiger partial charge in [0.1, 0.15) is 12.2 Å². The zero-order valence-corrected chi connectivity index (χ0v) is 14.2. The molecule has 3 atom stereocenters. The lowest BCUT2D eigenvalue weighted by molar-refractivity contribution is -0.260. The summed E-state index contributed by atoms with van der Waals surface area (Å²) in [6.07, 6.45) is -1.35. The van der Waals surface area contributed by atoms with Gasteiger partial charge in [0.15, 0.2) is 6.10 Å². The molecule has 1 fully saturated rings. The number of hydrogen-bond donors (Lipinski definition) is 0. The van der Waals surface area contributed by atoms with Gasteiger partial charge in [-0.3, -0.25) is 0 Å². The van der Waals surface area contributed by atoms with Gasteiger partial charge in [0.25, 0.3) is 0 Å². The van der Waals surface area contributed by atoms with Crippen LogP contribution in [0.15, 0.2) is 60.7 Å². The van der Waals surface area contributed by atoms with Crippen molar-refractivity contribution in [1.82, 2.24) is 0 Å². The molecule has 1 heterocycles. The molecular weight excluding hydrogens is 320 g/mol. The molecule has 0 N–H and O–H groups in total. The number of benzene rings is 2. The highest BCUT2D eigenvalue weighted by atomic mass is 16.6. The van der Waals surface area contributed by atoms with E-state index >= 15 is 0 Å². The highest BCUT2D eigenvalue weighted by molar-refractivity contribution is 5.76. The largest absolute Gasteiger partial charge is 0.467 e. The molecular formula is C20H22O5. The Morgan fingerprint density at radius 1 is 0.960 bits per heavy atom. The molecule has 0 aliphatic carbocycles. The topological polar surface area (TPSA) is 54.0 Å². The van der Waals surface area contributed by atoms with Gasteiger partial charge in [0, 0.05) is 0 Å². The molecule has 0 aromatic heterocycles. The minimum Gasteiger partial charge on any atom is -0.467 e. The number of hydrogen-bond acceptors (Lipinski definition) is 5. The molecule has 0 amide bonds. The van der Waals surface area contributed by atoms with Crippen molar-refractivity contribution in [2.75, 3.05) is 13.7 Å². The molecule has 1 aliphatic rings. The van der Waals surface area contributed by atoms with Crippen LogP contribution in [0.4, 0.5) is 0 Å². The van der Waals surface area contributed by atoms with Gasteiger partial charge in [-0.05, 0) is 11.1 Å². The first kappa shape index (κ1) is 17.6. The highest BCUT2D eigenvalue weighted by Gasteiger charge is 2.48. The molecule has 5 heteroatoms. The lowest BCUT2D eigenvalue weighted by atomic mass is 10.0. The van der Waals surface area contributed by atoms with E-state index in [0.29, 0.717) is 19.8 Å². The van der Waals surface area contributed by atoms with Crippen LogP contribution in [0.5, 0.6) is 0 Å². The summed E-state index contributed by atoms with van der Waals surface area (Å²) in [5, 5.41) is 0. The molecule has 5 nitrogen and oxygen atoms in total. The minimum atomic E-state index is -0.695. The van der Waals surface area contributed by atoms with Crippen LogP contribution in [0, 0.1) is 0 Å². The van der Waals surface area contributed by atoms with E-state index in [1.54, 1.807) is 0 Å². The van der Waals surface area contributed by atoms with E-state index in [4.69, 9.17) is 18.9 Å². The quantitative estimate of drug-likeness (QED) is 0.691. The molecule has 3 rings (SSSR count). The number of carbonyl (C=O) groups excluding carboxylic acids is 1. The normalized spacial score (nSPS) is 22.2. The van der Waals surface area contributed by atoms with Crippen molar-refractivity contribution in [3.8, 4) is 0 Å². The molecule has 0 spiro atoms. The molecule has 1 saturated heterocycles. The summed E-state index contributed by atoms with van der Waals surface area (Å²) in [6, 6.07) is 19.7. The maximum Gasteiger partial charge on any atom is 0.337 e. The molecule has 3 unspecified atom stereocenters. The predicted octanol–water partition coefficient (Wildman–Crippen LogP) is 2.73. The van der Waals surface area contributed by atoms with Gasteiger partial charge >= 0.3 is 5.97 Å². The van der Waals surface area contributed by atoms with Crippen LogP contribution < -0.4 is 0 Å². The van der Waals surface area contributed by atoms with Crippen molar-refractivity contribution in [3.63, 3.8) is 0 Å². The second-order valence-corrected chi connectivity index (χ2v) is 5.88. The van der Waals surface area contributed by atoms with Crippen molar-refractivity contribution in [3.05, 3.63) is 71.8 Å². The van der Waals surface area contributed by atoms with E-state index in [0.717, 1.165) is 11.1 Å². The van der Waals surface area contributed by atoms with E-state index in [1.165, 1.54) is 7.11 Å². The number of esters is 1. The molecule has 1 aliphatic heterocycles. The van der Waals surface area contributed by atoms with Crippen LogP contribution in [0.3, 0.4) is 0 Å². The molecule has 0 radical (unpaired) electrons. The third-order valence-electron chi connectivity index (χ3n) is 4.10. The fourth-order valence-electron chi connectivity index (χ4n) is 2.72. The number of carbonyl (C=O) groups is 1. The van der Waals surface area contributed by atoms with E-state index < -0.39 is 12.1 Å². The average Bonchev–Trinajstić information content (AvgIpc) is 2.65. The van der Waals surface area contributed by atoms with Crippen LogP contribution in [-0.2, 0) is 37.0 Å². The van der Waals surface area contributed by atoms with Gasteiger partial charge in [-0.1, -0.05) is 60.7 Å². The first-order valence-corrected chi connectivity index (χ1v) is 8.28. The average molecular weight is 342 g/mol. The molecule has 2 aromatic carbocycles. The Kier molecular flexibility index (Phi) is 6.17. The summed E-state index contributed by atoms with van der Waals surface area (Å²) in [6.45, 7) is 1.27. The Morgan fingerprint density at radius 3 is 2.16 bits per heavy atom. The van der Waals surface area contributed by atoms with Crippen LogP contribution in [0.2, 0.25) is 0 Å². The first-order valence-electron chi connectivity index (χ1n) is 8.28. The summed E-state index contributed by atoms with van der Waals surface area (Å²) in [4.78, 5) is 11.8. The smallest absolute Gasteiger partial charge is 0.337 e. The SMILES string of the molecule is COC(=O)C1OC(COCc2ccccc2)C1OCc1ccccc1. The monoisotopic (exact) mass is 342 g/mol. The summed E-state index contributed by atoms with van der Waals surface area (Å²) in [7, 11) is 1.35. The van der Waals surface area contributed by atoms with E-state index in [2.05, 4.69) is 0 Å². The fraction of sp³-hybridized carbons (Fsp3) is 0.350. The van der Waals surface area contributed by atoms with Gasteiger partial charge in [-0.2, -0.15) is 0 Å². The Bertz CT molecular complexity index is 658. The van der Waals surface area contributed by atoms with Crippen LogP contribution in [0.1, 0.15) is 11.1 Å². The minimum absolute atomic E-state index is 0.281. The van der Waals surface area contributed by atoms with Crippen molar-refractivity contribution < 1.29 is 23.7 Å². The van der Waals surface area contributed by atoms with Crippen molar-refractivity contribution in [2.45, 2.75) is 31.5 Å². The third-order valence-corrected chi connectivity index (χ3v) is 4.10. The molecule has 2 aromatic rings. The van der Waals surface area contributed by atoms with E-state index in [-0.39, 0.29) is 12.2 Å². The maximum absolute atomic E-state index is 11.8. The summed E-state index contributed by atoms with van der Waals surface area (Å²) < 4.78 is 22.0. The first-order chi connectivity index (χ1) is 12.3. The van der Waals surface area contributed by atoms with E-state index in [9.17, 15) is 4.79 Å². The Balaban J connectivity index is 1.52. The zero-order chi connectivity index (χ0) is 17.5. The van der Waals surface area contributed by atoms with Gasteiger partial charge in [-0.25, -0.2) is 4.79 Å². The number of rotatable bonds is 8. The molecule has 25 heavy (non-hydrogen) atoms. The predicted molar refractivity (Wildman–Crippen MR) is 91.8 cm³/mol. The zero-order valence-electron chi connectivity index (χ0n) is 14.2. The van der Waals surface area contributed by atoms with Gasteiger partial charge in [0.05, 0.1) is 26.9 Å². The fourth-order valence-corrected chi connectivity index (χ4v) is 2.72. The molecule has 132 valence electrons. The summed E-state index contributed by atoms with van der Waals surface area (Å²) >= 11 is 0. The van der Waals surface area contributed by atoms with Crippen molar-refractivity contribution in [2.24, 2.45) is 0 Å². The third kappa shape index (κ3) is 4.66. The standard InChI is InChI=1S/C20H22O5/c1-22-20(21)19-18(24-13-16-10-6-3-7-11-16)17(25-19)14-23-12-15-8-4-2-5-9-15/h2-11,17-19H,12-14H2,1H3. The second kappa shape index (κ2) is 8.76. The highest BCUT2D eigenvalue weighted by Crippen LogP contribution is 2.27. The van der Waals surface area contributed by atoms with Crippen LogP contribution in [-0.4, -0.2) is 38.0 Å². The van der Waals surface area contributed by atoms with Gasteiger partial charge < -0.3 is 18.9 Å². The van der Waals surface area contributed by atoms with Crippen LogP contribution >= 0.6 is 0 Å². The van der Waals surface area contributed by atoms with Gasteiger partial charge in [-0.15, -0.1) is 0 Å². The lowest BCUT2D eigenvalue weighted by Crippen LogP contribution is -2.60. The molecule has 0 bridgehead atoms.